The van der Waals surface area contributed by atoms with Gasteiger partial charge in [0.25, 0.3) is 5.91 Å². The van der Waals surface area contributed by atoms with Crippen LogP contribution in [-0.4, -0.2) is 35.8 Å². The molecule has 2 amide bonds. The number of rotatable bonds is 5. The molecule has 0 fully saturated rings. The summed E-state index contributed by atoms with van der Waals surface area (Å²) in [5.41, 5.74) is -0.628. The number of amides is 2. The van der Waals surface area contributed by atoms with Crippen molar-refractivity contribution in [1.82, 2.24) is 15.8 Å². The quantitative estimate of drug-likeness (QED) is 0.866. The van der Waals surface area contributed by atoms with Crippen molar-refractivity contribution in [2.45, 2.75) is 40.2 Å². The molecule has 0 unspecified atom stereocenters. The summed E-state index contributed by atoms with van der Waals surface area (Å²) in [6.45, 7) is 10.0. The molecular weight excluding hydrogens is 274 g/mol. The maximum Gasteiger partial charge on any atom is 0.407 e. The average Bonchev–Trinajstić information content (AvgIpc) is 2.85. The third-order valence-corrected chi connectivity index (χ3v) is 2.51. The first-order valence-corrected chi connectivity index (χ1v) is 6.74. The molecule has 1 heterocycles. The summed E-state index contributed by atoms with van der Waals surface area (Å²) < 4.78 is 9.77. The van der Waals surface area contributed by atoms with Crippen LogP contribution in [-0.2, 0) is 4.74 Å². The van der Waals surface area contributed by atoms with Crippen molar-refractivity contribution >= 4 is 12.0 Å². The number of alkyl carbamates (subject to hydrolysis) is 1. The van der Waals surface area contributed by atoms with E-state index in [0.717, 1.165) is 0 Å². The van der Waals surface area contributed by atoms with E-state index in [2.05, 4.69) is 20.3 Å². The number of carbonyl (C=O) groups is 2. The summed E-state index contributed by atoms with van der Waals surface area (Å²) in [7, 11) is 0. The number of hydrogen-bond donors (Lipinski definition) is 2. The van der Waals surface area contributed by atoms with E-state index in [1.807, 2.05) is 13.8 Å². The monoisotopic (exact) mass is 297 g/mol. The van der Waals surface area contributed by atoms with Crippen LogP contribution in [0.5, 0.6) is 0 Å². The molecule has 0 atom stereocenters. The van der Waals surface area contributed by atoms with Crippen LogP contribution in [0.25, 0.3) is 0 Å². The Balaban J connectivity index is 2.36. The number of aromatic nitrogens is 1. The average molecular weight is 297 g/mol. The Kier molecular flexibility index (Phi) is 5.34. The van der Waals surface area contributed by atoms with Gasteiger partial charge in [-0.15, -0.1) is 0 Å². The summed E-state index contributed by atoms with van der Waals surface area (Å²) in [5, 5.41) is 8.99. The fourth-order valence-electron chi connectivity index (χ4n) is 1.43. The van der Waals surface area contributed by atoms with E-state index in [1.165, 1.54) is 12.3 Å². The van der Waals surface area contributed by atoms with Gasteiger partial charge in [-0.05, 0) is 26.2 Å². The molecule has 21 heavy (non-hydrogen) atoms. The highest BCUT2D eigenvalue weighted by Gasteiger charge is 2.23. The lowest BCUT2D eigenvalue weighted by Crippen LogP contribution is -2.43. The fourth-order valence-corrected chi connectivity index (χ4v) is 1.43. The van der Waals surface area contributed by atoms with Crippen LogP contribution in [0.15, 0.2) is 16.9 Å². The number of nitrogens with zero attached hydrogens (tertiary/aromatic N) is 1. The number of carbonyl (C=O) groups excluding carboxylic acids is 2. The Morgan fingerprint density at radius 2 is 1.81 bits per heavy atom. The van der Waals surface area contributed by atoms with Crippen molar-refractivity contribution in [2.75, 3.05) is 13.1 Å². The molecule has 118 valence electrons. The van der Waals surface area contributed by atoms with Gasteiger partial charge >= 0.3 is 6.09 Å². The zero-order chi connectivity index (χ0) is 16.1. The molecule has 0 aromatic carbocycles. The Hall–Kier alpha value is -2.05. The molecule has 0 saturated heterocycles. The molecule has 2 N–H and O–H groups in total. The fraction of sp³-hybridized carbons (Fsp3) is 0.643. The molecule has 0 bridgehead atoms. The number of nitrogens with one attached hydrogen (secondary N) is 2. The second-order valence-electron chi connectivity index (χ2n) is 6.59. The molecule has 0 spiro atoms. The van der Waals surface area contributed by atoms with Crippen LogP contribution < -0.4 is 10.6 Å². The Bertz CT molecular complexity index is 475. The Morgan fingerprint density at radius 1 is 1.19 bits per heavy atom. The molecule has 1 aromatic heterocycles. The minimum absolute atomic E-state index is 0.228. The van der Waals surface area contributed by atoms with Crippen LogP contribution in [0.1, 0.15) is 45.1 Å². The van der Waals surface area contributed by atoms with E-state index in [4.69, 9.17) is 4.74 Å². The topological polar surface area (TPSA) is 93.5 Å². The third-order valence-electron chi connectivity index (χ3n) is 2.51. The highest BCUT2D eigenvalue weighted by atomic mass is 16.6. The Labute approximate surface area is 124 Å². The first-order chi connectivity index (χ1) is 9.59. The second kappa shape index (κ2) is 6.60. The minimum Gasteiger partial charge on any atom is -0.444 e. The molecule has 0 aliphatic heterocycles. The number of hydrogen-bond acceptors (Lipinski definition) is 5. The molecule has 0 aliphatic rings. The largest absolute Gasteiger partial charge is 0.444 e. The van der Waals surface area contributed by atoms with Gasteiger partial charge in [-0.25, -0.2) is 4.79 Å². The Morgan fingerprint density at radius 3 is 2.33 bits per heavy atom. The van der Waals surface area contributed by atoms with E-state index < -0.39 is 11.7 Å². The first kappa shape index (κ1) is 17.0. The van der Waals surface area contributed by atoms with E-state index >= 15 is 0 Å². The van der Waals surface area contributed by atoms with Crippen LogP contribution >= 0.6 is 0 Å². The lowest BCUT2D eigenvalue weighted by atomic mass is 9.93. The predicted molar refractivity (Wildman–Crippen MR) is 76.9 cm³/mol. The van der Waals surface area contributed by atoms with Gasteiger partial charge in [0, 0.05) is 19.2 Å². The van der Waals surface area contributed by atoms with Crippen LogP contribution in [0.2, 0.25) is 0 Å². The van der Waals surface area contributed by atoms with E-state index in [9.17, 15) is 9.59 Å². The first-order valence-electron chi connectivity index (χ1n) is 6.74. The third kappa shape index (κ3) is 6.78. The van der Waals surface area contributed by atoms with Gasteiger partial charge in [0.1, 0.15) is 11.9 Å². The molecule has 7 nitrogen and oxygen atoms in total. The summed E-state index contributed by atoms with van der Waals surface area (Å²) in [5.74, 6) is -0.311. The predicted octanol–water partition coefficient (Wildman–Crippen LogP) is 1.96. The SMILES string of the molecule is CC(C)(CNC(=O)OC(C)(C)C)CNC(=O)c1ccon1. The smallest absolute Gasteiger partial charge is 0.407 e. The molecular formula is C14H23N3O4. The molecule has 0 saturated carbocycles. The van der Waals surface area contributed by atoms with Gasteiger partial charge in [-0.3, -0.25) is 4.79 Å². The van der Waals surface area contributed by atoms with E-state index in [0.29, 0.717) is 13.1 Å². The molecule has 1 aromatic rings. The van der Waals surface area contributed by atoms with Crippen molar-refractivity contribution in [3.8, 4) is 0 Å². The standard InChI is InChI=1S/C14H23N3O4/c1-13(2,3)21-12(19)16-9-14(4,5)8-15-11(18)10-6-7-20-17-10/h6-7H,8-9H2,1-5H3,(H,15,18)(H,16,19). The number of ether oxygens (including phenoxy) is 1. The van der Waals surface area contributed by atoms with E-state index in [1.54, 1.807) is 20.8 Å². The molecule has 0 radical (unpaired) electrons. The maximum atomic E-state index is 11.7. The maximum absolute atomic E-state index is 11.7. The van der Waals surface area contributed by atoms with Gasteiger partial charge in [-0.1, -0.05) is 19.0 Å². The van der Waals surface area contributed by atoms with Gasteiger partial charge < -0.3 is 19.9 Å². The molecule has 1 rings (SSSR count). The van der Waals surface area contributed by atoms with Crippen molar-refractivity contribution < 1.29 is 18.8 Å². The zero-order valence-electron chi connectivity index (χ0n) is 13.1. The normalized spacial score (nSPS) is 11.9. The van der Waals surface area contributed by atoms with Gasteiger partial charge in [0.05, 0.1) is 0 Å². The van der Waals surface area contributed by atoms with Gasteiger partial charge in [-0.2, -0.15) is 0 Å². The van der Waals surface area contributed by atoms with Gasteiger partial charge in [0.15, 0.2) is 5.69 Å². The highest BCUT2D eigenvalue weighted by molar-refractivity contribution is 5.91. The van der Waals surface area contributed by atoms with Crippen LogP contribution in [0.4, 0.5) is 4.79 Å². The molecule has 7 heteroatoms. The van der Waals surface area contributed by atoms with Crippen molar-refractivity contribution in [3.05, 3.63) is 18.0 Å². The minimum atomic E-state index is -0.532. The van der Waals surface area contributed by atoms with Crippen molar-refractivity contribution in [1.29, 1.82) is 0 Å². The van der Waals surface area contributed by atoms with Crippen molar-refractivity contribution in [2.24, 2.45) is 5.41 Å². The van der Waals surface area contributed by atoms with Crippen LogP contribution in [0.3, 0.4) is 0 Å². The van der Waals surface area contributed by atoms with Crippen molar-refractivity contribution in [3.63, 3.8) is 0 Å². The lowest BCUT2D eigenvalue weighted by molar-refractivity contribution is 0.0506. The molecule has 0 aliphatic carbocycles. The summed E-state index contributed by atoms with van der Waals surface area (Å²) >= 11 is 0. The zero-order valence-corrected chi connectivity index (χ0v) is 13.1. The second-order valence-corrected chi connectivity index (χ2v) is 6.59. The van der Waals surface area contributed by atoms with Gasteiger partial charge in [0.2, 0.25) is 0 Å². The summed E-state index contributed by atoms with van der Waals surface area (Å²) in [6.07, 6.45) is 0.864. The summed E-state index contributed by atoms with van der Waals surface area (Å²) in [4.78, 5) is 23.3. The summed E-state index contributed by atoms with van der Waals surface area (Å²) in [6, 6.07) is 1.49. The highest BCUT2D eigenvalue weighted by Crippen LogP contribution is 2.13. The van der Waals surface area contributed by atoms with E-state index in [-0.39, 0.29) is 17.0 Å². The van der Waals surface area contributed by atoms with Crippen LogP contribution in [0, 0.1) is 5.41 Å². The lowest BCUT2D eigenvalue weighted by Gasteiger charge is -2.26.